The van der Waals surface area contributed by atoms with E-state index in [4.69, 9.17) is 13.9 Å². The maximum atomic E-state index is 12.6. The van der Waals surface area contributed by atoms with Gasteiger partial charge in [0.1, 0.15) is 17.1 Å². The number of hydrogen-bond acceptors (Lipinski definition) is 6. The first-order valence-corrected chi connectivity index (χ1v) is 10.4. The molecule has 7 nitrogen and oxygen atoms in total. The van der Waals surface area contributed by atoms with Gasteiger partial charge < -0.3 is 23.7 Å². The molecule has 1 aliphatic rings. The average Bonchev–Trinajstić information content (AvgIpc) is 2.81. The zero-order valence-corrected chi connectivity index (χ0v) is 17.8. The summed E-state index contributed by atoms with van der Waals surface area (Å²) in [7, 11) is 1.65. The second-order valence-electron chi connectivity index (χ2n) is 7.46. The molecule has 7 heteroatoms. The van der Waals surface area contributed by atoms with E-state index in [0.29, 0.717) is 24.4 Å². The van der Waals surface area contributed by atoms with Crippen LogP contribution in [0.4, 0.5) is 5.69 Å². The average molecular weight is 422 g/mol. The summed E-state index contributed by atoms with van der Waals surface area (Å²) >= 11 is 0. The third-order valence-electron chi connectivity index (χ3n) is 5.61. The Morgan fingerprint density at radius 2 is 1.71 bits per heavy atom. The fourth-order valence-corrected chi connectivity index (χ4v) is 3.84. The Morgan fingerprint density at radius 1 is 1.00 bits per heavy atom. The van der Waals surface area contributed by atoms with Gasteiger partial charge in [-0.15, -0.1) is 0 Å². The summed E-state index contributed by atoms with van der Waals surface area (Å²) in [5, 5.41) is 0.885. The lowest BCUT2D eigenvalue weighted by Crippen LogP contribution is -2.50. The SMILES string of the molecule is CCc1cc(=O)oc2cc(OCC(=O)N3CCN(c4ccc(OC)cc4)CC3)ccc12. The number of aryl methyl sites for hydroxylation is 1. The lowest BCUT2D eigenvalue weighted by molar-refractivity contribution is -0.133. The second kappa shape index (κ2) is 9.12. The van der Waals surface area contributed by atoms with Crippen LogP contribution in [0.25, 0.3) is 11.0 Å². The summed E-state index contributed by atoms with van der Waals surface area (Å²) in [5.74, 6) is 1.28. The van der Waals surface area contributed by atoms with Gasteiger partial charge in [-0.1, -0.05) is 6.92 Å². The molecule has 162 valence electrons. The molecule has 2 aromatic carbocycles. The molecule has 1 aromatic heterocycles. The van der Waals surface area contributed by atoms with Crippen molar-refractivity contribution in [2.75, 3.05) is 44.8 Å². The molecule has 0 aliphatic carbocycles. The van der Waals surface area contributed by atoms with Crippen LogP contribution in [0.2, 0.25) is 0 Å². The van der Waals surface area contributed by atoms with E-state index >= 15 is 0 Å². The number of nitrogens with zero attached hydrogens (tertiary/aromatic N) is 2. The van der Waals surface area contributed by atoms with Crippen molar-refractivity contribution in [2.24, 2.45) is 0 Å². The normalized spacial score (nSPS) is 14.0. The van der Waals surface area contributed by atoms with E-state index < -0.39 is 0 Å². The number of ether oxygens (including phenoxy) is 2. The topological polar surface area (TPSA) is 72.2 Å². The van der Waals surface area contributed by atoms with Gasteiger partial charge in [-0.25, -0.2) is 4.79 Å². The molecule has 0 unspecified atom stereocenters. The van der Waals surface area contributed by atoms with Crippen LogP contribution in [0.15, 0.2) is 57.7 Å². The van der Waals surface area contributed by atoms with Crippen LogP contribution in [0.5, 0.6) is 11.5 Å². The third kappa shape index (κ3) is 4.66. The fraction of sp³-hybridized carbons (Fsp3) is 0.333. The monoisotopic (exact) mass is 422 g/mol. The van der Waals surface area contributed by atoms with Crippen molar-refractivity contribution in [1.29, 1.82) is 0 Å². The Labute approximate surface area is 180 Å². The first kappa shape index (κ1) is 20.8. The molecule has 1 fully saturated rings. The molecule has 0 N–H and O–H groups in total. The Morgan fingerprint density at radius 3 is 2.39 bits per heavy atom. The van der Waals surface area contributed by atoms with E-state index in [0.717, 1.165) is 41.9 Å². The highest BCUT2D eigenvalue weighted by Gasteiger charge is 2.21. The second-order valence-corrected chi connectivity index (χ2v) is 7.46. The third-order valence-corrected chi connectivity index (χ3v) is 5.61. The zero-order valence-electron chi connectivity index (χ0n) is 17.8. The lowest BCUT2D eigenvalue weighted by atomic mass is 10.1. The largest absolute Gasteiger partial charge is 0.497 e. The quantitative estimate of drug-likeness (QED) is 0.569. The molecule has 4 rings (SSSR count). The van der Waals surface area contributed by atoms with Gasteiger partial charge in [0.2, 0.25) is 0 Å². The van der Waals surface area contributed by atoms with Crippen LogP contribution in [-0.2, 0) is 11.2 Å². The molecular formula is C24H26N2O5. The number of carbonyl (C=O) groups is 1. The molecule has 0 radical (unpaired) electrons. The maximum Gasteiger partial charge on any atom is 0.336 e. The number of anilines is 1. The number of hydrogen-bond donors (Lipinski definition) is 0. The van der Waals surface area contributed by atoms with E-state index in [1.54, 1.807) is 19.2 Å². The molecule has 31 heavy (non-hydrogen) atoms. The minimum absolute atomic E-state index is 0.0499. The van der Waals surface area contributed by atoms with Crippen molar-refractivity contribution in [3.63, 3.8) is 0 Å². The van der Waals surface area contributed by atoms with E-state index in [1.807, 2.05) is 42.2 Å². The highest BCUT2D eigenvalue weighted by molar-refractivity contribution is 5.82. The van der Waals surface area contributed by atoms with Crippen molar-refractivity contribution in [2.45, 2.75) is 13.3 Å². The molecule has 0 spiro atoms. The maximum absolute atomic E-state index is 12.6. The van der Waals surface area contributed by atoms with Crippen molar-refractivity contribution < 1.29 is 18.7 Å². The molecule has 0 bridgehead atoms. The summed E-state index contributed by atoms with van der Waals surface area (Å²) in [6.07, 6.45) is 0.739. The number of rotatable bonds is 6. The van der Waals surface area contributed by atoms with Crippen molar-refractivity contribution in [3.05, 3.63) is 64.5 Å². The van der Waals surface area contributed by atoms with Crippen LogP contribution < -0.4 is 20.0 Å². The van der Waals surface area contributed by atoms with E-state index in [-0.39, 0.29) is 18.1 Å². The highest BCUT2D eigenvalue weighted by atomic mass is 16.5. The predicted molar refractivity (Wildman–Crippen MR) is 119 cm³/mol. The highest BCUT2D eigenvalue weighted by Crippen LogP contribution is 2.23. The lowest BCUT2D eigenvalue weighted by Gasteiger charge is -2.36. The Hall–Kier alpha value is -3.48. The minimum Gasteiger partial charge on any atom is -0.497 e. The van der Waals surface area contributed by atoms with Crippen LogP contribution in [0, 0.1) is 0 Å². The number of benzene rings is 2. The standard InChI is InChI=1S/C24H26N2O5/c1-3-17-14-24(28)31-22-15-20(8-9-21(17)22)30-16-23(27)26-12-10-25(11-13-26)18-4-6-19(29-2)7-5-18/h4-9,14-15H,3,10-13,16H2,1-2H3. The first-order chi connectivity index (χ1) is 15.1. The van der Waals surface area contributed by atoms with Crippen molar-refractivity contribution >= 4 is 22.6 Å². The van der Waals surface area contributed by atoms with Gasteiger partial charge >= 0.3 is 5.63 Å². The number of piperazine rings is 1. The zero-order chi connectivity index (χ0) is 21.8. The van der Waals surface area contributed by atoms with Crippen molar-refractivity contribution in [1.82, 2.24) is 4.90 Å². The van der Waals surface area contributed by atoms with Crippen LogP contribution >= 0.6 is 0 Å². The van der Waals surface area contributed by atoms with Gasteiger partial charge in [-0.2, -0.15) is 0 Å². The van der Waals surface area contributed by atoms with Gasteiger partial charge in [0.15, 0.2) is 6.61 Å². The molecule has 3 aromatic rings. The van der Waals surface area contributed by atoms with Gasteiger partial charge in [-0.05, 0) is 48.4 Å². The molecule has 1 saturated heterocycles. The van der Waals surface area contributed by atoms with Crippen LogP contribution in [0.3, 0.4) is 0 Å². The van der Waals surface area contributed by atoms with E-state index in [9.17, 15) is 9.59 Å². The summed E-state index contributed by atoms with van der Waals surface area (Å²) < 4.78 is 16.2. The predicted octanol–water partition coefficient (Wildman–Crippen LogP) is 3.09. The number of carbonyl (C=O) groups excluding carboxylic acids is 1. The fourth-order valence-electron chi connectivity index (χ4n) is 3.84. The summed E-state index contributed by atoms with van der Waals surface area (Å²) in [6, 6.07) is 14.8. The van der Waals surface area contributed by atoms with Crippen LogP contribution in [0.1, 0.15) is 12.5 Å². The smallest absolute Gasteiger partial charge is 0.336 e. The van der Waals surface area contributed by atoms with E-state index in [1.165, 1.54) is 6.07 Å². The molecule has 1 amide bonds. The van der Waals surface area contributed by atoms with Crippen LogP contribution in [-0.4, -0.2) is 50.7 Å². The first-order valence-electron chi connectivity index (χ1n) is 10.4. The van der Waals surface area contributed by atoms with Gasteiger partial charge in [0, 0.05) is 49.4 Å². The molecule has 1 aliphatic heterocycles. The molecular weight excluding hydrogens is 396 g/mol. The Balaban J connectivity index is 1.33. The molecule has 0 saturated carbocycles. The van der Waals surface area contributed by atoms with Gasteiger partial charge in [0.05, 0.1) is 7.11 Å². The number of methoxy groups -OCH3 is 1. The van der Waals surface area contributed by atoms with Gasteiger partial charge in [-0.3, -0.25) is 4.79 Å². The number of amides is 1. The summed E-state index contributed by atoms with van der Waals surface area (Å²) in [5.41, 5.74) is 2.14. The van der Waals surface area contributed by atoms with E-state index in [2.05, 4.69) is 4.90 Å². The molecule has 2 heterocycles. The van der Waals surface area contributed by atoms with Crippen molar-refractivity contribution in [3.8, 4) is 11.5 Å². The summed E-state index contributed by atoms with van der Waals surface area (Å²) in [4.78, 5) is 28.4. The van der Waals surface area contributed by atoms with Gasteiger partial charge in [0.25, 0.3) is 5.91 Å². The minimum atomic E-state index is -0.382. The molecule has 0 atom stereocenters. The Kier molecular flexibility index (Phi) is 6.11. The number of fused-ring (bicyclic) bond motifs is 1. The Bertz CT molecular complexity index is 1120. The summed E-state index contributed by atoms with van der Waals surface area (Å²) in [6.45, 7) is 4.75.